The zero-order chi connectivity index (χ0) is 23.6. The lowest BCUT2D eigenvalue weighted by atomic mass is 9.88. The quantitative estimate of drug-likeness (QED) is 0.704. The van der Waals surface area contributed by atoms with Gasteiger partial charge >= 0.3 is 0 Å². The Bertz CT molecular complexity index is 946. The van der Waals surface area contributed by atoms with Crippen molar-refractivity contribution >= 4 is 5.91 Å². The van der Waals surface area contributed by atoms with Crippen LogP contribution < -0.4 is 4.74 Å². The van der Waals surface area contributed by atoms with Gasteiger partial charge < -0.3 is 14.4 Å². The van der Waals surface area contributed by atoms with Crippen LogP contribution in [0.3, 0.4) is 0 Å². The summed E-state index contributed by atoms with van der Waals surface area (Å²) in [4.78, 5) is 16.3. The molecular weight excluding hydrogens is 437 g/mol. The lowest BCUT2D eigenvalue weighted by Crippen LogP contribution is -2.58. The molecule has 1 atom stereocenters. The van der Waals surface area contributed by atoms with Crippen molar-refractivity contribution in [1.82, 2.24) is 20.0 Å². The summed E-state index contributed by atoms with van der Waals surface area (Å²) in [5.74, 6) is -0.745. The van der Waals surface area contributed by atoms with Crippen molar-refractivity contribution in [2.24, 2.45) is 0 Å². The number of likely N-dealkylation sites (tertiary alicyclic amines) is 1. The number of hydrogen-bond donors (Lipinski definition) is 1. The maximum absolute atomic E-state index is 14.4. The zero-order valence-corrected chi connectivity index (χ0v) is 18.8. The van der Waals surface area contributed by atoms with Crippen molar-refractivity contribution in [1.29, 1.82) is 0 Å². The second-order valence-electron chi connectivity index (χ2n) is 8.98. The van der Waals surface area contributed by atoms with Gasteiger partial charge in [0.25, 0.3) is 12.3 Å². The molecule has 3 heterocycles. The van der Waals surface area contributed by atoms with Gasteiger partial charge in [0.2, 0.25) is 0 Å². The first kappa shape index (κ1) is 23.6. The number of carbonyl (C=O) groups is 1. The summed E-state index contributed by atoms with van der Waals surface area (Å²) >= 11 is 0. The van der Waals surface area contributed by atoms with Gasteiger partial charge in [0.15, 0.2) is 11.6 Å². The van der Waals surface area contributed by atoms with E-state index in [1.165, 1.54) is 12.1 Å². The molecule has 0 saturated carbocycles. The minimum absolute atomic E-state index is 0.110. The van der Waals surface area contributed by atoms with E-state index in [9.17, 15) is 18.0 Å². The fourth-order valence-electron chi connectivity index (χ4n) is 4.58. The van der Waals surface area contributed by atoms with Crippen molar-refractivity contribution in [3.05, 3.63) is 47.5 Å². The molecule has 1 spiro atoms. The van der Waals surface area contributed by atoms with Crippen molar-refractivity contribution in [2.75, 3.05) is 32.7 Å². The number of nitrogens with one attached hydrogen (secondary N) is 1. The highest BCUT2D eigenvalue weighted by molar-refractivity contribution is 5.94. The number of aromatic amines is 1. The van der Waals surface area contributed by atoms with Crippen LogP contribution in [0.15, 0.2) is 30.5 Å². The average Bonchev–Trinajstić information content (AvgIpc) is 3.29. The second kappa shape index (κ2) is 9.72. The number of benzene rings is 1. The molecule has 7 nitrogen and oxygen atoms in total. The summed E-state index contributed by atoms with van der Waals surface area (Å²) in [5.41, 5.74) is 0.275. The van der Waals surface area contributed by atoms with E-state index in [1.54, 1.807) is 42.0 Å². The second-order valence-corrected chi connectivity index (χ2v) is 8.98. The van der Waals surface area contributed by atoms with Crippen LogP contribution in [0.1, 0.15) is 48.8 Å². The number of alkyl halides is 2. The molecule has 0 bridgehead atoms. The molecule has 2 saturated heterocycles. The van der Waals surface area contributed by atoms with Gasteiger partial charge in [-0.2, -0.15) is 5.10 Å². The van der Waals surface area contributed by atoms with Crippen LogP contribution >= 0.6 is 0 Å². The fourth-order valence-corrected chi connectivity index (χ4v) is 4.58. The van der Waals surface area contributed by atoms with Crippen LogP contribution in [0, 0.1) is 5.82 Å². The predicted octanol–water partition coefficient (Wildman–Crippen LogP) is 3.65. The molecule has 2 fully saturated rings. The van der Waals surface area contributed by atoms with Crippen LogP contribution in [-0.4, -0.2) is 76.8 Å². The van der Waals surface area contributed by atoms with Crippen LogP contribution in [0.25, 0.3) is 0 Å². The molecule has 1 amide bonds. The minimum Gasteiger partial charge on any atom is -0.488 e. The Balaban J connectivity index is 1.44. The number of halogens is 3. The Morgan fingerprint density at radius 2 is 2.06 bits per heavy atom. The van der Waals surface area contributed by atoms with Gasteiger partial charge in [-0.3, -0.25) is 14.8 Å². The summed E-state index contributed by atoms with van der Waals surface area (Å²) in [7, 11) is 0. The molecular formula is C23H29F3N4O3. The number of nitrogens with zero attached hydrogens (tertiary/aromatic N) is 3. The molecule has 2 aliphatic heterocycles. The van der Waals surface area contributed by atoms with E-state index in [-0.39, 0.29) is 29.9 Å². The number of hydrogen-bond acceptors (Lipinski definition) is 5. The molecule has 1 unspecified atom stereocenters. The maximum atomic E-state index is 14.4. The molecule has 0 aliphatic carbocycles. The number of amides is 1. The normalized spacial score (nSPS) is 21.2. The van der Waals surface area contributed by atoms with E-state index in [0.29, 0.717) is 44.7 Å². The first-order valence-electron chi connectivity index (χ1n) is 11.2. The van der Waals surface area contributed by atoms with E-state index in [0.717, 1.165) is 0 Å². The smallest absolute Gasteiger partial charge is 0.253 e. The van der Waals surface area contributed by atoms with Crippen LogP contribution in [0.5, 0.6) is 5.75 Å². The molecule has 33 heavy (non-hydrogen) atoms. The van der Waals surface area contributed by atoms with Crippen molar-refractivity contribution in [2.45, 2.75) is 50.9 Å². The Labute approximate surface area is 190 Å². The van der Waals surface area contributed by atoms with E-state index in [4.69, 9.17) is 9.47 Å². The van der Waals surface area contributed by atoms with Gasteiger partial charge in [-0.1, -0.05) is 0 Å². The summed E-state index contributed by atoms with van der Waals surface area (Å²) in [6.07, 6.45) is -0.375. The summed E-state index contributed by atoms with van der Waals surface area (Å²) in [6.45, 7) is 4.75. The Morgan fingerprint density at radius 3 is 2.67 bits per heavy atom. The molecule has 1 aromatic carbocycles. The first-order chi connectivity index (χ1) is 15.7. The number of piperidine rings is 1. The van der Waals surface area contributed by atoms with Crippen molar-refractivity contribution < 1.29 is 27.4 Å². The van der Waals surface area contributed by atoms with Crippen molar-refractivity contribution in [3.8, 4) is 5.75 Å². The van der Waals surface area contributed by atoms with Gasteiger partial charge in [-0.05, 0) is 51.0 Å². The third kappa shape index (κ3) is 5.50. The lowest BCUT2D eigenvalue weighted by Gasteiger charge is -2.49. The van der Waals surface area contributed by atoms with Gasteiger partial charge in [0.1, 0.15) is 6.10 Å². The highest BCUT2D eigenvalue weighted by Gasteiger charge is 2.45. The molecule has 0 radical (unpaired) electrons. The largest absolute Gasteiger partial charge is 0.488 e. The number of aromatic nitrogens is 2. The lowest BCUT2D eigenvalue weighted by molar-refractivity contribution is -0.181. The standard InChI is InChI=1S/C23H29F3N4O3/c1-15(2)32-19-4-3-16(11-17(19)24)22(31)30-9-6-23(7-10-30)14-29(13-21(25)26)12-20(33-23)18-5-8-27-28-18/h3-5,8,11,15,20-21H,6-7,9-10,12-14H2,1-2H3,(H,27,28). The molecule has 1 aromatic heterocycles. The molecule has 10 heteroatoms. The summed E-state index contributed by atoms with van der Waals surface area (Å²) in [5, 5.41) is 6.92. The van der Waals surface area contributed by atoms with Crippen LogP contribution in [0.4, 0.5) is 13.2 Å². The van der Waals surface area contributed by atoms with E-state index >= 15 is 0 Å². The molecule has 2 aliphatic rings. The topological polar surface area (TPSA) is 70.7 Å². The average molecular weight is 467 g/mol. The third-order valence-electron chi connectivity index (χ3n) is 6.08. The SMILES string of the molecule is CC(C)Oc1ccc(C(=O)N2CCC3(CC2)CN(CC(F)F)CC(c2cc[nH]n2)O3)cc1F. The number of rotatable bonds is 6. The van der Waals surface area contributed by atoms with Gasteiger partial charge in [-0.25, -0.2) is 13.2 Å². The Morgan fingerprint density at radius 1 is 1.30 bits per heavy atom. The highest BCUT2D eigenvalue weighted by Crippen LogP contribution is 2.38. The van der Waals surface area contributed by atoms with E-state index in [1.807, 2.05) is 0 Å². The monoisotopic (exact) mass is 466 g/mol. The fraction of sp³-hybridized carbons (Fsp3) is 0.565. The third-order valence-corrected chi connectivity index (χ3v) is 6.08. The van der Waals surface area contributed by atoms with Crippen molar-refractivity contribution in [3.63, 3.8) is 0 Å². The number of carbonyl (C=O) groups excluding carboxylic acids is 1. The van der Waals surface area contributed by atoms with Gasteiger partial charge in [0, 0.05) is 37.9 Å². The zero-order valence-electron chi connectivity index (χ0n) is 18.8. The predicted molar refractivity (Wildman–Crippen MR) is 115 cm³/mol. The van der Waals surface area contributed by atoms with E-state index in [2.05, 4.69) is 10.2 Å². The van der Waals surface area contributed by atoms with Gasteiger partial charge in [-0.15, -0.1) is 0 Å². The maximum Gasteiger partial charge on any atom is 0.253 e. The molecule has 180 valence electrons. The minimum atomic E-state index is -2.45. The summed E-state index contributed by atoms with van der Waals surface area (Å²) in [6, 6.07) is 6.00. The van der Waals surface area contributed by atoms with E-state index < -0.39 is 23.9 Å². The van der Waals surface area contributed by atoms with Crippen LogP contribution in [-0.2, 0) is 4.74 Å². The van der Waals surface area contributed by atoms with Gasteiger partial charge in [0.05, 0.1) is 23.9 Å². The Hall–Kier alpha value is -2.59. The molecule has 4 rings (SSSR count). The number of ether oxygens (including phenoxy) is 2. The Kier molecular flexibility index (Phi) is 6.94. The molecule has 2 aromatic rings. The number of morpholine rings is 1. The van der Waals surface area contributed by atoms with Crippen LogP contribution in [0.2, 0.25) is 0 Å². The first-order valence-corrected chi connectivity index (χ1v) is 11.2. The number of H-pyrrole nitrogens is 1. The highest BCUT2D eigenvalue weighted by atomic mass is 19.3. The summed E-state index contributed by atoms with van der Waals surface area (Å²) < 4.78 is 52.4. The molecule has 1 N–H and O–H groups in total.